The third-order valence-corrected chi connectivity index (χ3v) is 3.38. The topological polar surface area (TPSA) is 42.1 Å². The molecule has 0 saturated heterocycles. The molecule has 1 aromatic carbocycles. The molecule has 3 nitrogen and oxygen atoms in total. The van der Waals surface area contributed by atoms with E-state index in [1.807, 2.05) is 29.2 Å². The van der Waals surface area contributed by atoms with Gasteiger partial charge in [-0.15, -0.1) is 0 Å². The van der Waals surface area contributed by atoms with Gasteiger partial charge in [-0.3, -0.25) is 0 Å². The van der Waals surface area contributed by atoms with Crippen molar-refractivity contribution < 1.29 is 13.2 Å². The van der Waals surface area contributed by atoms with Gasteiger partial charge >= 0.3 is 6.18 Å². The lowest BCUT2D eigenvalue weighted by Gasteiger charge is -2.20. The van der Waals surface area contributed by atoms with Crippen LogP contribution in [0, 0.1) is 0 Å². The number of hydrogen-bond acceptors (Lipinski definition) is 3. The lowest BCUT2D eigenvalue weighted by Crippen LogP contribution is -2.18. The van der Waals surface area contributed by atoms with Crippen LogP contribution < -0.4 is 10.6 Å². The summed E-state index contributed by atoms with van der Waals surface area (Å²) in [5, 5.41) is 0. The number of aromatic nitrogens is 1. The third kappa shape index (κ3) is 2.17. The zero-order valence-corrected chi connectivity index (χ0v) is 10.5. The van der Waals surface area contributed by atoms with Crippen molar-refractivity contribution >= 4 is 11.4 Å². The molecule has 0 spiro atoms. The summed E-state index contributed by atoms with van der Waals surface area (Å²) in [6.07, 6.45) is -3.39. The maximum absolute atomic E-state index is 12.7. The van der Waals surface area contributed by atoms with E-state index >= 15 is 0 Å². The highest BCUT2D eigenvalue weighted by Crippen LogP contribution is 2.36. The van der Waals surface area contributed by atoms with E-state index < -0.39 is 11.9 Å². The van der Waals surface area contributed by atoms with Crippen LogP contribution in [0.3, 0.4) is 0 Å². The Labute approximate surface area is 113 Å². The Hall–Kier alpha value is -2.24. The largest absolute Gasteiger partial charge is 0.433 e. The number of benzene rings is 1. The first-order valence-electron chi connectivity index (χ1n) is 6.09. The van der Waals surface area contributed by atoms with Crippen LogP contribution in [0.4, 0.5) is 24.5 Å². The number of nitrogens with zero attached hydrogens (tertiary/aromatic N) is 2. The minimum atomic E-state index is -4.46. The van der Waals surface area contributed by atoms with E-state index in [-0.39, 0.29) is 5.69 Å². The van der Waals surface area contributed by atoms with Crippen LogP contribution in [0.15, 0.2) is 36.5 Å². The van der Waals surface area contributed by atoms with Crippen LogP contribution in [0.1, 0.15) is 16.8 Å². The lowest BCUT2D eigenvalue weighted by molar-refractivity contribution is -0.141. The molecule has 2 heterocycles. The molecule has 1 aliphatic heterocycles. The summed E-state index contributed by atoms with van der Waals surface area (Å²) in [5.41, 5.74) is 7.71. The molecular weight excluding hydrogens is 267 g/mol. The molecular formula is C14H12F3N3. The van der Waals surface area contributed by atoms with E-state index in [0.29, 0.717) is 18.8 Å². The van der Waals surface area contributed by atoms with E-state index in [4.69, 9.17) is 5.73 Å². The summed E-state index contributed by atoms with van der Waals surface area (Å²) in [5.74, 6) is 0. The molecule has 2 N–H and O–H groups in total. The van der Waals surface area contributed by atoms with Gasteiger partial charge < -0.3 is 10.6 Å². The van der Waals surface area contributed by atoms with Crippen LogP contribution in [0.25, 0.3) is 0 Å². The van der Waals surface area contributed by atoms with E-state index in [1.54, 1.807) is 0 Å². The van der Waals surface area contributed by atoms with Crippen molar-refractivity contribution in [1.82, 2.24) is 4.98 Å². The van der Waals surface area contributed by atoms with Crippen molar-refractivity contribution in [3.8, 4) is 0 Å². The highest BCUT2D eigenvalue weighted by molar-refractivity contribution is 5.68. The smallest absolute Gasteiger partial charge is 0.396 e. The van der Waals surface area contributed by atoms with Gasteiger partial charge in [0, 0.05) is 13.1 Å². The average molecular weight is 279 g/mol. The van der Waals surface area contributed by atoms with Crippen LogP contribution in [0.2, 0.25) is 0 Å². The summed E-state index contributed by atoms with van der Waals surface area (Å²) in [6, 6.07) is 8.79. The zero-order valence-electron chi connectivity index (χ0n) is 10.5. The number of alkyl halides is 3. The van der Waals surface area contributed by atoms with Crippen molar-refractivity contribution in [1.29, 1.82) is 0 Å². The van der Waals surface area contributed by atoms with Gasteiger partial charge in [0.2, 0.25) is 0 Å². The van der Waals surface area contributed by atoms with Gasteiger partial charge in [-0.2, -0.15) is 13.2 Å². The van der Waals surface area contributed by atoms with Gasteiger partial charge in [-0.1, -0.05) is 24.3 Å². The van der Waals surface area contributed by atoms with Crippen molar-refractivity contribution in [2.45, 2.75) is 19.3 Å². The molecule has 6 heteroatoms. The van der Waals surface area contributed by atoms with E-state index in [0.717, 1.165) is 23.4 Å². The second kappa shape index (κ2) is 4.40. The standard InChI is InChI=1S/C14H12F3N3/c15-14(16,17)13-5-12(11(18)6-19-13)20-7-9-3-1-2-4-10(9)8-20/h1-6H,7-8,18H2. The number of fused-ring (bicyclic) bond motifs is 1. The summed E-state index contributed by atoms with van der Waals surface area (Å²) in [4.78, 5) is 5.18. The number of rotatable bonds is 1. The SMILES string of the molecule is Nc1cnc(C(F)(F)F)cc1N1Cc2ccccc2C1. The molecule has 0 amide bonds. The molecule has 1 aromatic heterocycles. The van der Waals surface area contributed by atoms with Gasteiger partial charge in [0.05, 0.1) is 17.6 Å². The van der Waals surface area contributed by atoms with Crippen LogP contribution in [-0.4, -0.2) is 4.98 Å². The number of halogens is 3. The first-order valence-corrected chi connectivity index (χ1v) is 6.09. The number of nitrogen functional groups attached to an aromatic ring is 1. The first-order chi connectivity index (χ1) is 9.45. The first kappa shape index (κ1) is 12.8. The second-order valence-corrected chi connectivity index (χ2v) is 4.75. The van der Waals surface area contributed by atoms with Crippen molar-refractivity contribution in [3.63, 3.8) is 0 Å². The molecule has 0 unspecified atom stereocenters. The van der Waals surface area contributed by atoms with Crippen LogP contribution in [0.5, 0.6) is 0 Å². The molecule has 3 rings (SSSR count). The Morgan fingerprint density at radius 1 is 1.10 bits per heavy atom. The number of hydrogen-bond donors (Lipinski definition) is 1. The highest BCUT2D eigenvalue weighted by atomic mass is 19.4. The highest BCUT2D eigenvalue weighted by Gasteiger charge is 2.34. The maximum atomic E-state index is 12.7. The monoisotopic (exact) mass is 279 g/mol. The van der Waals surface area contributed by atoms with E-state index in [9.17, 15) is 13.2 Å². The van der Waals surface area contributed by atoms with Gasteiger partial charge in [0.15, 0.2) is 0 Å². The zero-order chi connectivity index (χ0) is 14.3. The average Bonchev–Trinajstić information content (AvgIpc) is 2.81. The minimum absolute atomic E-state index is 0.255. The Balaban J connectivity index is 1.96. The number of anilines is 2. The summed E-state index contributed by atoms with van der Waals surface area (Å²) < 4.78 is 38.2. The fraction of sp³-hybridized carbons (Fsp3) is 0.214. The molecule has 0 radical (unpaired) electrons. The maximum Gasteiger partial charge on any atom is 0.433 e. The van der Waals surface area contributed by atoms with Gasteiger partial charge in [-0.25, -0.2) is 4.98 Å². The lowest BCUT2D eigenvalue weighted by atomic mass is 10.1. The molecule has 2 aromatic rings. The van der Waals surface area contributed by atoms with Gasteiger partial charge in [-0.05, 0) is 17.2 Å². The predicted octanol–water partition coefficient (Wildman–Crippen LogP) is 3.20. The third-order valence-electron chi connectivity index (χ3n) is 3.38. The molecule has 20 heavy (non-hydrogen) atoms. The fourth-order valence-corrected chi connectivity index (χ4v) is 2.39. The quantitative estimate of drug-likeness (QED) is 0.871. The Kier molecular flexibility index (Phi) is 2.81. The molecule has 0 atom stereocenters. The van der Waals surface area contributed by atoms with E-state index in [1.165, 1.54) is 0 Å². The molecule has 0 bridgehead atoms. The second-order valence-electron chi connectivity index (χ2n) is 4.75. The fourth-order valence-electron chi connectivity index (χ4n) is 2.39. The Morgan fingerprint density at radius 2 is 1.70 bits per heavy atom. The van der Waals surface area contributed by atoms with Crippen molar-refractivity contribution in [3.05, 3.63) is 53.3 Å². The van der Waals surface area contributed by atoms with Gasteiger partial charge in [0.25, 0.3) is 0 Å². The Bertz CT molecular complexity index is 627. The number of nitrogens with two attached hydrogens (primary N) is 1. The molecule has 0 aliphatic carbocycles. The van der Waals surface area contributed by atoms with Crippen molar-refractivity contribution in [2.24, 2.45) is 0 Å². The molecule has 1 aliphatic rings. The summed E-state index contributed by atoms with van der Waals surface area (Å²) in [6.45, 7) is 1.11. The van der Waals surface area contributed by atoms with Crippen molar-refractivity contribution in [2.75, 3.05) is 10.6 Å². The van der Waals surface area contributed by atoms with Crippen LogP contribution in [-0.2, 0) is 19.3 Å². The Morgan fingerprint density at radius 3 is 2.25 bits per heavy atom. The summed E-state index contributed by atoms with van der Waals surface area (Å²) in [7, 11) is 0. The molecule has 104 valence electrons. The summed E-state index contributed by atoms with van der Waals surface area (Å²) >= 11 is 0. The van der Waals surface area contributed by atoms with E-state index in [2.05, 4.69) is 4.98 Å². The molecule has 0 saturated carbocycles. The molecule has 0 fully saturated rings. The predicted molar refractivity (Wildman–Crippen MR) is 70.0 cm³/mol. The number of pyridine rings is 1. The van der Waals surface area contributed by atoms with Gasteiger partial charge in [0.1, 0.15) is 5.69 Å². The normalized spacial score (nSPS) is 14.4. The minimum Gasteiger partial charge on any atom is -0.396 e. The van der Waals surface area contributed by atoms with Crippen LogP contribution >= 0.6 is 0 Å².